The molecule has 0 radical (unpaired) electrons. The van der Waals surface area contributed by atoms with E-state index in [0.717, 1.165) is 12.2 Å². The first-order valence-electron chi connectivity index (χ1n) is 4.16. The van der Waals surface area contributed by atoms with Crippen molar-refractivity contribution in [3.63, 3.8) is 0 Å². The molecule has 3 nitrogen and oxygen atoms in total. The van der Waals surface area contributed by atoms with E-state index >= 15 is 0 Å². The van der Waals surface area contributed by atoms with Gasteiger partial charge in [0.1, 0.15) is 0 Å². The van der Waals surface area contributed by atoms with Crippen molar-refractivity contribution >= 4 is 17.8 Å². The van der Waals surface area contributed by atoms with Gasteiger partial charge in [0.2, 0.25) is 6.08 Å². The molecule has 0 aliphatic carbocycles. The fourth-order valence-corrected chi connectivity index (χ4v) is 3.03. The number of rotatable bonds is 1. The Bertz CT molecular complexity index is 288. The first-order valence-corrected chi connectivity index (χ1v) is 5.31. The minimum absolute atomic E-state index is 0.218. The summed E-state index contributed by atoms with van der Waals surface area (Å²) < 4.78 is 0. The van der Waals surface area contributed by atoms with Gasteiger partial charge in [0.15, 0.2) is 5.54 Å². The number of hydrogen-bond donors (Lipinski definition) is 0. The van der Waals surface area contributed by atoms with Gasteiger partial charge in [-0.2, -0.15) is 22.0 Å². The van der Waals surface area contributed by atoms with Crippen LogP contribution >= 0.6 is 11.8 Å². The maximum Gasteiger partial charge on any atom is 0.236 e. The molecule has 0 N–H and O–H groups in total. The summed E-state index contributed by atoms with van der Waals surface area (Å²) in [6, 6.07) is 2.16. The number of hydrogen-bond acceptors (Lipinski definition) is 4. The highest BCUT2D eigenvalue weighted by Crippen LogP contribution is 2.44. The highest BCUT2D eigenvalue weighted by atomic mass is 32.2. The summed E-state index contributed by atoms with van der Waals surface area (Å²) in [4.78, 5) is 14.0. The Labute approximate surface area is 82.2 Å². The first-order chi connectivity index (χ1) is 6.08. The van der Waals surface area contributed by atoms with Gasteiger partial charge in [-0.25, -0.2) is 4.79 Å². The molecule has 13 heavy (non-hydrogen) atoms. The van der Waals surface area contributed by atoms with Crippen LogP contribution in [0, 0.1) is 16.7 Å². The van der Waals surface area contributed by atoms with Crippen LogP contribution in [0.2, 0.25) is 0 Å². The molecular formula is C9H12N2OS. The largest absolute Gasteiger partial charge is 0.236 e. The topological polar surface area (TPSA) is 53.2 Å². The Hall–Kier alpha value is -0.780. The van der Waals surface area contributed by atoms with Crippen molar-refractivity contribution in [2.45, 2.75) is 25.8 Å². The average molecular weight is 196 g/mol. The maximum absolute atomic E-state index is 10.3. The molecule has 1 rings (SSSR count). The molecule has 0 amide bonds. The van der Waals surface area contributed by atoms with Crippen molar-refractivity contribution in [1.82, 2.24) is 0 Å². The molecular weight excluding hydrogens is 184 g/mol. The highest BCUT2D eigenvalue weighted by Gasteiger charge is 2.48. The minimum atomic E-state index is -0.863. The fraction of sp³-hybridized carbons (Fsp3) is 0.778. The molecule has 1 fully saturated rings. The number of nitrogens with zero attached hydrogens (tertiary/aromatic N) is 2. The van der Waals surface area contributed by atoms with Gasteiger partial charge in [0, 0.05) is 11.2 Å². The summed E-state index contributed by atoms with van der Waals surface area (Å²) in [5.41, 5.74) is -1.08. The van der Waals surface area contributed by atoms with Crippen LogP contribution in [-0.2, 0) is 4.79 Å². The normalized spacial score (nSPS) is 31.5. The summed E-state index contributed by atoms with van der Waals surface area (Å²) in [7, 11) is 0. The standard InChI is InChI=1S/C9H12N2OS/c1-8(2)3-4-13-6-9(8,5-10)11-7-12/h3-4,6H2,1-2H3. The van der Waals surface area contributed by atoms with Crippen molar-refractivity contribution in [2.24, 2.45) is 10.4 Å². The van der Waals surface area contributed by atoms with Crippen LogP contribution in [0.5, 0.6) is 0 Å². The molecule has 0 spiro atoms. The van der Waals surface area contributed by atoms with E-state index in [1.165, 1.54) is 6.08 Å². The van der Waals surface area contributed by atoms with Crippen molar-refractivity contribution in [3.8, 4) is 6.07 Å². The summed E-state index contributed by atoms with van der Waals surface area (Å²) in [5, 5.41) is 9.07. The second-order valence-electron chi connectivity index (χ2n) is 3.86. The molecule has 0 aromatic carbocycles. The van der Waals surface area contributed by atoms with Gasteiger partial charge in [-0.3, -0.25) is 0 Å². The van der Waals surface area contributed by atoms with E-state index in [2.05, 4.69) is 11.1 Å². The number of isocyanates is 1. The smallest absolute Gasteiger partial charge is 0.211 e. The zero-order valence-corrected chi connectivity index (χ0v) is 8.65. The molecule has 1 atom stereocenters. The van der Waals surface area contributed by atoms with Gasteiger partial charge in [-0.15, -0.1) is 0 Å². The van der Waals surface area contributed by atoms with E-state index in [0.29, 0.717) is 5.75 Å². The lowest BCUT2D eigenvalue weighted by molar-refractivity contribution is 0.230. The van der Waals surface area contributed by atoms with Crippen LogP contribution in [0.3, 0.4) is 0 Å². The molecule has 0 aromatic rings. The third-order valence-corrected chi connectivity index (χ3v) is 3.84. The molecule has 0 saturated carbocycles. The lowest BCUT2D eigenvalue weighted by Crippen LogP contribution is -2.47. The van der Waals surface area contributed by atoms with Crippen LogP contribution in [0.4, 0.5) is 0 Å². The lowest BCUT2D eigenvalue weighted by Gasteiger charge is -2.40. The van der Waals surface area contributed by atoms with Crippen molar-refractivity contribution < 1.29 is 4.79 Å². The van der Waals surface area contributed by atoms with Gasteiger partial charge in [-0.1, -0.05) is 13.8 Å². The molecule has 0 bridgehead atoms. The number of carbonyl (C=O) groups excluding carboxylic acids is 1. The monoisotopic (exact) mass is 196 g/mol. The Morgan fingerprint density at radius 2 is 2.23 bits per heavy atom. The zero-order chi connectivity index (χ0) is 9.95. The molecule has 70 valence electrons. The summed E-state index contributed by atoms with van der Waals surface area (Å²) in [6.07, 6.45) is 2.44. The van der Waals surface area contributed by atoms with Crippen LogP contribution in [0.1, 0.15) is 20.3 Å². The second-order valence-corrected chi connectivity index (χ2v) is 4.97. The Kier molecular flexibility index (Phi) is 2.80. The highest BCUT2D eigenvalue weighted by molar-refractivity contribution is 7.99. The quantitative estimate of drug-likeness (QED) is 0.474. The van der Waals surface area contributed by atoms with Gasteiger partial charge in [0.25, 0.3) is 0 Å². The van der Waals surface area contributed by atoms with Gasteiger partial charge in [-0.05, 0) is 12.2 Å². The number of thioether (sulfide) groups is 1. The average Bonchev–Trinajstić information content (AvgIpc) is 2.09. The van der Waals surface area contributed by atoms with E-state index < -0.39 is 5.54 Å². The lowest BCUT2D eigenvalue weighted by atomic mass is 9.72. The van der Waals surface area contributed by atoms with Crippen LogP contribution in [-0.4, -0.2) is 23.1 Å². The van der Waals surface area contributed by atoms with Gasteiger partial charge in [0.05, 0.1) is 6.07 Å². The van der Waals surface area contributed by atoms with Gasteiger partial charge >= 0.3 is 0 Å². The Morgan fingerprint density at radius 1 is 1.54 bits per heavy atom. The van der Waals surface area contributed by atoms with E-state index in [-0.39, 0.29) is 5.41 Å². The molecule has 1 saturated heterocycles. The fourth-order valence-electron chi connectivity index (χ4n) is 1.42. The van der Waals surface area contributed by atoms with E-state index in [4.69, 9.17) is 5.26 Å². The molecule has 0 aromatic heterocycles. The predicted molar refractivity (Wildman–Crippen MR) is 52.2 cm³/mol. The Morgan fingerprint density at radius 3 is 2.69 bits per heavy atom. The second kappa shape index (κ2) is 3.53. The molecule has 4 heteroatoms. The summed E-state index contributed by atoms with van der Waals surface area (Å²) in [6.45, 7) is 3.97. The predicted octanol–water partition coefficient (Wildman–Crippen LogP) is 1.75. The Balaban J connectivity index is 3.08. The molecule has 1 aliphatic rings. The van der Waals surface area contributed by atoms with E-state index in [1.54, 1.807) is 11.8 Å². The maximum atomic E-state index is 10.3. The SMILES string of the molecule is CC1(C)CCSCC1(C#N)N=C=O. The van der Waals surface area contributed by atoms with E-state index in [9.17, 15) is 4.79 Å². The van der Waals surface area contributed by atoms with Crippen molar-refractivity contribution in [2.75, 3.05) is 11.5 Å². The van der Waals surface area contributed by atoms with Crippen LogP contribution < -0.4 is 0 Å². The number of aliphatic imine (C=N–C) groups is 1. The molecule has 1 unspecified atom stereocenters. The summed E-state index contributed by atoms with van der Waals surface area (Å²) in [5.74, 6) is 1.64. The molecule has 1 aliphatic heterocycles. The van der Waals surface area contributed by atoms with Crippen LogP contribution in [0.15, 0.2) is 4.99 Å². The first kappa shape index (κ1) is 10.3. The minimum Gasteiger partial charge on any atom is -0.211 e. The number of nitriles is 1. The third-order valence-electron chi connectivity index (χ3n) is 2.72. The summed E-state index contributed by atoms with van der Waals surface area (Å²) >= 11 is 1.67. The van der Waals surface area contributed by atoms with Crippen molar-refractivity contribution in [1.29, 1.82) is 5.26 Å². The van der Waals surface area contributed by atoms with Crippen LogP contribution in [0.25, 0.3) is 0 Å². The zero-order valence-electron chi connectivity index (χ0n) is 7.83. The van der Waals surface area contributed by atoms with Crippen molar-refractivity contribution in [3.05, 3.63) is 0 Å². The molecule has 1 heterocycles. The third kappa shape index (κ3) is 1.63. The van der Waals surface area contributed by atoms with Gasteiger partial charge < -0.3 is 0 Å². The van der Waals surface area contributed by atoms with E-state index in [1.807, 2.05) is 13.8 Å².